The summed E-state index contributed by atoms with van der Waals surface area (Å²) in [6.07, 6.45) is 0. The molecular formula is C17H18N2O2S. The lowest BCUT2D eigenvalue weighted by Gasteiger charge is -2.13. The average molecular weight is 314 g/mol. The lowest BCUT2D eigenvalue weighted by Crippen LogP contribution is -2.34. The zero-order valence-corrected chi connectivity index (χ0v) is 13.6. The van der Waals surface area contributed by atoms with E-state index in [0.29, 0.717) is 11.3 Å². The van der Waals surface area contributed by atoms with Gasteiger partial charge in [0.15, 0.2) is 5.11 Å². The average Bonchev–Trinajstić information content (AvgIpc) is 2.50. The van der Waals surface area contributed by atoms with Crippen LogP contribution in [0.25, 0.3) is 0 Å². The quantitative estimate of drug-likeness (QED) is 0.852. The van der Waals surface area contributed by atoms with Crippen LogP contribution >= 0.6 is 12.2 Å². The molecule has 2 rings (SSSR count). The molecule has 2 aromatic carbocycles. The van der Waals surface area contributed by atoms with Crippen molar-refractivity contribution < 1.29 is 9.53 Å². The van der Waals surface area contributed by atoms with Crippen molar-refractivity contribution in [2.75, 3.05) is 12.4 Å². The first-order chi connectivity index (χ1) is 10.5. The molecule has 0 unspecified atom stereocenters. The molecule has 0 aliphatic carbocycles. The lowest BCUT2D eigenvalue weighted by molar-refractivity contribution is 0.0975. The maximum absolute atomic E-state index is 12.2. The molecule has 114 valence electrons. The van der Waals surface area contributed by atoms with Crippen LogP contribution < -0.4 is 15.4 Å². The minimum absolute atomic E-state index is 0.253. The fourth-order valence-electron chi connectivity index (χ4n) is 2.11. The molecule has 2 aromatic rings. The largest absolute Gasteiger partial charge is 0.496 e. The highest BCUT2D eigenvalue weighted by Crippen LogP contribution is 2.18. The number of ether oxygens (including phenoxy) is 1. The molecule has 0 radical (unpaired) electrons. The van der Waals surface area contributed by atoms with Crippen molar-refractivity contribution in [1.82, 2.24) is 5.32 Å². The Labute approximate surface area is 135 Å². The molecule has 0 spiro atoms. The van der Waals surface area contributed by atoms with E-state index in [1.165, 1.54) is 12.7 Å². The van der Waals surface area contributed by atoms with Crippen LogP contribution in [0, 0.1) is 13.8 Å². The summed E-state index contributed by atoms with van der Waals surface area (Å²) >= 11 is 5.20. The molecule has 4 nitrogen and oxygen atoms in total. The molecule has 0 aromatic heterocycles. The van der Waals surface area contributed by atoms with Crippen LogP contribution in [-0.4, -0.2) is 18.1 Å². The van der Waals surface area contributed by atoms with Crippen LogP contribution in [0.4, 0.5) is 5.69 Å². The van der Waals surface area contributed by atoms with Crippen molar-refractivity contribution in [3.63, 3.8) is 0 Å². The monoisotopic (exact) mass is 314 g/mol. The minimum Gasteiger partial charge on any atom is -0.496 e. The molecule has 0 saturated carbocycles. The van der Waals surface area contributed by atoms with E-state index in [1.807, 2.05) is 38.1 Å². The number of nitrogens with one attached hydrogen (secondary N) is 2. The molecule has 0 saturated heterocycles. The summed E-state index contributed by atoms with van der Waals surface area (Å²) in [5.74, 6) is 0.203. The van der Waals surface area contributed by atoms with Crippen LogP contribution in [-0.2, 0) is 0 Å². The van der Waals surface area contributed by atoms with Gasteiger partial charge in [-0.15, -0.1) is 0 Å². The highest BCUT2D eigenvalue weighted by atomic mass is 32.1. The predicted molar refractivity (Wildman–Crippen MR) is 92.6 cm³/mol. The van der Waals surface area contributed by atoms with Crippen LogP contribution in [0.2, 0.25) is 0 Å². The van der Waals surface area contributed by atoms with E-state index in [-0.39, 0.29) is 11.0 Å². The summed E-state index contributed by atoms with van der Waals surface area (Å²) in [6, 6.07) is 13.0. The third-order valence-corrected chi connectivity index (χ3v) is 3.41. The Kier molecular flexibility index (Phi) is 5.12. The normalized spacial score (nSPS) is 9.95. The molecule has 2 N–H and O–H groups in total. The van der Waals surface area contributed by atoms with Crippen molar-refractivity contribution in [3.05, 3.63) is 59.2 Å². The third kappa shape index (κ3) is 3.83. The van der Waals surface area contributed by atoms with Gasteiger partial charge >= 0.3 is 0 Å². The lowest BCUT2D eigenvalue weighted by atomic mass is 10.1. The summed E-state index contributed by atoms with van der Waals surface area (Å²) in [5, 5.41) is 5.95. The molecule has 1 amide bonds. The first-order valence-corrected chi connectivity index (χ1v) is 7.24. The Hall–Kier alpha value is -2.40. The molecule has 0 heterocycles. The Morgan fingerprint density at radius 1 is 1.14 bits per heavy atom. The van der Waals surface area contributed by atoms with E-state index in [0.717, 1.165) is 11.3 Å². The number of para-hydroxylation sites is 1. The first-order valence-electron chi connectivity index (χ1n) is 6.84. The van der Waals surface area contributed by atoms with Gasteiger partial charge in [0.1, 0.15) is 5.75 Å². The van der Waals surface area contributed by atoms with Crippen molar-refractivity contribution >= 4 is 28.9 Å². The Bertz CT molecular complexity index is 714. The second-order valence-electron chi connectivity index (χ2n) is 4.93. The topological polar surface area (TPSA) is 50.4 Å². The zero-order chi connectivity index (χ0) is 16.1. The molecule has 22 heavy (non-hydrogen) atoms. The standard InChI is InChI=1S/C17H18N2O2S/c1-11-8-9-14(12(2)10-11)18-17(22)19-16(20)13-6-4-5-7-15(13)21-3/h4-10H,1-3H3,(H2,18,19,20,22). The third-order valence-electron chi connectivity index (χ3n) is 3.21. The van der Waals surface area contributed by atoms with Gasteiger partial charge in [0.2, 0.25) is 0 Å². The van der Waals surface area contributed by atoms with Gasteiger partial charge in [-0.2, -0.15) is 0 Å². The molecule has 0 aliphatic heterocycles. The van der Waals surface area contributed by atoms with Crippen molar-refractivity contribution in [2.45, 2.75) is 13.8 Å². The Morgan fingerprint density at radius 3 is 2.55 bits per heavy atom. The number of thiocarbonyl (C=S) groups is 1. The van der Waals surface area contributed by atoms with E-state index in [4.69, 9.17) is 17.0 Å². The van der Waals surface area contributed by atoms with Gasteiger partial charge < -0.3 is 10.1 Å². The molecule has 0 fully saturated rings. The Morgan fingerprint density at radius 2 is 1.86 bits per heavy atom. The smallest absolute Gasteiger partial charge is 0.261 e. The first kappa shape index (κ1) is 16.0. The predicted octanol–water partition coefficient (Wildman–Crippen LogP) is 3.44. The number of methoxy groups -OCH3 is 1. The van der Waals surface area contributed by atoms with Crippen LogP contribution in [0.5, 0.6) is 5.75 Å². The summed E-state index contributed by atoms with van der Waals surface area (Å²) in [5.41, 5.74) is 3.55. The van der Waals surface area contributed by atoms with E-state index in [2.05, 4.69) is 10.6 Å². The van der Waals surface area contributed by atoms with E-state index >= 15 is 0 Å². The fraction of sp³-hybridized carbons (Fsp3) is 0.176. The van der Waals surface area contributed by atoms with Gasteiger partial charge in [0.25, 0.3) is 5.91 Å². The second-order valence-corrected chi connectivity index (χ2v) is 5.34. The summed E-state index contributed by atoms with van der Waals surface area (Å²) in [7, 11) is 1.53. The van der Waals surface area contributed by atoms with Gasteiger partial charge in [0.05, 0.1) is 12.7 Å². The van der Waals surface area contributed by atoms with Crippen molar-refractivity contribution in [1.29, 1.82) is 0 Å². The van der Waals surface area contributed by atoms with Gasteiger partial charge in [-0.1, -0.05) is 29.8 Å². The van der Waals surface area contributed by atoms with E-state index in [1.54, 1.807) is 18.2 Å². The number of benzene rings is 2. The fourth-order valence-corrected chi connectivity index (χ4v) is 2.31. The molecular weight excluding hydrogens is 296 g/mol. The number of hydrogen-bond donors (Lipinski definition) is 2. The second kappa shape index (κ2) is 7.04. The number of anilines is 1. The maximum Gasteiger partial charge on any atom is 0.261 e. The molecule has 0 atom stereocenters. The van der Waals surface area contributed by atoms with Gasteiger partial charge in [-0.25, -0.2) is 0 Å². The molecule has 0 bridgehead atoms. The highest BCUT2D eigenvalue weighted by Gasteiger charge is 2.13. The number of carbonyl (C=O) groups is 1. The molecule has 5 heteroatoms. The van der Waals surface area contributed by atoms with Gasteiger partial charge in [-0.05, 0) is 49.8 Å². The number of hydrogen-bond acceptors (Lipinski definition) is 3. The highest BCUT2D eigenvalue weighted by molar-refractivity contribution is 7.80. The van der Waals surface area contributed by atoms with Crippen molar-refractivity contribution in [3.8, 4) is 5.75 Å². The number of amides is 1. The van der Waals surface area contributed by atoms with Crippen LogP contribution in [0.3, 0.4) is 0 Å². The van der Waals surface area contributed by atoms with Gasteiger partial charge in [0, 0.05) is 5.69 Å². The molecule has 0 aliphatic rings. The maximum atomic E-state index is 12.2. The number of aryl methyl sites for hydroxylation is 2. The Balaban J connectivity index is 2.07. The van der Waals surface area contributed by atoms with Crippen LogP contribution in [0.1, 0.15) is 21.5 Å². The number of rotatable bonds is 3. The van der Waals surface area contributed by atoms with E-state index < -0.39 is 0 Å². The summed E-state index contributed by atoms with van der Waals surface area (Å²) < 4.78 is 5.17. The van der Waals surface area contributed by atoms with Crippen molar-refractivity contribution in [2.24, 2.45) is 0 Å². The summed E-state index contributed by atoms with van der Waals surface area (Å²) in [6.45, 7) is 4.01. The van der Waals surface area contributed by atoms with E-state index in [9.17, 15) is 4.79 Å². The summed E-state index contributed by atoms with van der Waals surface area (Å²) in [4.78, 5) is 12.2. The van der Waals surface area contributed by atoms with Crippen LogP contribution in [0.15, 0.2) is 42.5 Å². The zero-order valence-electron chi connectivity index (χ0n) is 12.8. The number of carbonyl (C=O) groups excluding carboxylic acids is 1. The SMILES string of the molecule is COc1ccccc1C(=O)NC(=S)Nc1ccc(C)cc1C. The van der Waals surface area contributed by atoms with Gasteiger partial charge in [-0.3, -0.25) is 10.1 Å². The minimum atomic E-state index is -0.306.